The van der Waals surface area contributed by atoms with Gasteiger partial charge in [-0.05, 0) is 72.2 Å². The first-order valence-corrected chi connectivity index (χ1v) is 11.7. The van der Waals surface area contributed by atoms with Crippen LogP contribution in [0.5, 0.6) is 0 Å². The molecule has 2 aromatic carbocycles. The molecular formula is C26H24N2S2. The molecule has 0 atom stereocenters. The lowest BCUT2D eigenvalue weighted by molar-refractivity contribution is 1.32. The van der Waals surface area contributed by atoms with Crippen LogP contribution in [-0.2, 0) is 0 Å². The molecule has 150 valence electrons. The van der Waals surface area contributed by atoms with Gasteiger partial charge >= 0.3 is 0 Å². The molecule has 0 amide bonds. The summed E-state index contributed by atoms with van der Waals surface area (Å²) >= 11 is 3.43. The summed E-state index contributed by atoms with van der Waals surface area (Å²) < 4.78 is 0. The number of hydrogen-bond acceptors (Lipinski definition) is 4. The Morgan fingerprint density at radius 2 is 1.33 bits per heavy atom. The van der Waals surface area contributed by atoms with E-state index < -0.39 is 0 Å². The highest BCUT2D eigenvalue weighted by molar-refractivity contribution is 8.12. The SMILES string of the molecule is Cc1cccc(C)c1N=C1C=CC=C(C2=CSC=CS2)C1=Nc1c(C)cccc1C. The van der Waals surface area contributed by atoms with E-state index in [1.165, 1.54) is 27.2 Å². The quantitative estimate of drug-likeness (QED) is 0.462. The second-order valence-corrected chi connectivity index (χ2v) is 9.11. The minimum atomic E-state index is 0.897. The van der Waals surface area contributed by atoms with Gasteiger partial charge in [0.1, 0.15) is 0 Å². The number of benzene rings is 2. The number of hydrogen-bond donors (Lipinski definition) is 0. The fraction of sp³-hybridized carbons (Fsp3) is 0.154. The van der Waals surface area contributed by atoms with Crippen molar-refractivity contribution in [1.29, 1.82) is 0 Å². The molecule has 0 aromatic heterocycles. The van der Waals surface area contributed by atoms with Gasteiger partial charge in [-0.2, -0.15) is 0 Å². The minimum Gasteiger partial charge on any atom is -0.246 e. The van der Waals surface area contributed by atoms with E-state index in [9.17, 15) is 0 Å². The van der Waals surface area contributed by atoms with Crippen LogP contribution in [0.3, 0.4) is 0 Å². The van der Waals surface area contributed by atoms with Crippen molar-refractivity contribution < 1.29 is 0 Å². The molecule has 0 N–H and O–H groups in total. The zero-order chi connectivity index (χ0) is 21.1. The van der Waals surface area contributed by atoms with E-state index in [2.05, 4.69) is 98.5 Å². The predicted octanol–water partition coefficient (Wildman–Crippen LogP) is 8.05. The van der Waals surface area contributed by atoms with Gasteiger partial charge in [-0.25, -0.2) is 9.98 Å². The summed E-state index contributed by atoms with van der Waals surface area (Å²) in [5.74, 6) is 0. The summed E-state index contributed by atoms with van der Waals surface area (Å²) in [6, 6.07) is 12.6. The molecule has 0 saturated carbocycles. The summed E-state index contributed by atoms with van der Waals surface area (Å²) in [4.78, 5) is 11.5. The molecule has 0 spiro atoms. The number of para-hydroxylation sites is 2. The van der Waals surface area contributed by atoms with Gasteiger partial charge in [0.25, 0.3) is 0 Å². The van der Waals surface area contributed by atoms with Crippen LogP contribution >= 0.6 is 23.5 Å². The molecule has 2 aromatic rings. The maximum Gasteiger partial charge on any atom is 0.0977 e. The fourth-order valence-electron chi connectivity index (χ4n) is 3.52. The van der Waals surface area contributed by atoms with E-state index in [0.717, 1.165) is 28.4 Å². The van der Waals surface area contributed by atoms with Gasteiger partial charge in [0.2, 0.25) is 0 Å². The molecule has 2 aliphatic rings. The van der Waals surface area contributed by atoms with E-state index in [-0.39, 0.29) is 0 Å². The normalized spacial score (nSPS) is 18.7. The molecule has 30 heavy (non-hydrogen) atoms. The second kappa shape index (κ2) is 9.07. The monoisotopic (exact) mass is 428 g/mol. The van der Waals surface area contributed by atoms with Gasteiger partial charge in [-0.3, -0.25) is 0 Å². The first-order chi connectivity index (χ1) is 14.5. The minimum absolute atomic E-state index is 0.897. The van der Waals surface area contributed by atoms with E-state index in [0.29, 0.717) is 0 Å². The summed E-state index contributed by atoms with van der Waals surface area (Å²) in [6.45, 7) is 8.45. The number of thioether (sulfide) groups is 2. The van der Waals surface area contributed by atoms with Gasteiger partial charge in [0, 0.05) is 10.5 Å². The van der Waals surface area contributed by atoms with Crippen molar-refractivity contribution in [2.45, 2.75) is 27.7 Å². The molecule has 0 saturated heterocycles. The Kier molecular flexibility index (Phi) is 6.26. The maximum absolute atomic E-state index is 5.19. The van der Waals surface area contributed by atoms with Crippen molar-refractivity contribution in [2.75, 3.05) is 0 Å². The van der Waals surface area contributed by atoms with Gasteiger partial charge in [-0.1, -0.05) is 60.3 Å². The lowest BCUT2D eigenvalue weighted by Crippen LogP contribution is -2.18. The largest absolute Gasteiger partial charge is 0.246 e. The molecular weight excluding hydrogens is 404 g/mol. The predicted molar refractivity (Wildman–Crippen MR) is 136 cm³/mol. The van der Waals surface area contributed by atoms with Crippen LogP contribution in [-0.4, -0.2) is 11.4 Å². The summed E-state index contributed by atoms with van der Waals surface area (Å²) in [7, 11) is 0. The van der Waals surface area contributed by atoms with Crippen LogP contribution < -0.4 is 0 Å². The van der Waals surface area contributed by atoms with Crippen molar-refractivity contribution in [3.8, 4) is 0 Å². The molecule has 0 radical (unpaired) electrons. The Hall–Kier alpha value is -2.56. The molecule has 1 aliphatic heterocycles. The highest BCUT2D eigenvalue weighted by atomic mass is 32.2. The van der Waals surface area contributed by atoms with Crippen molar-refractivity contribution in [3.05, 3.63) is 104 Å². The van der Waals surface area contributed by atoms with Crippen LogP contribution in [0.2, 0.25) is 0 Å². The number of allylic oxidation sites excluding steroid dienone is 4. The molecule has 0 bridgehead atoms. The van der Waals surface area contributed by atoms with Crippen LogP contribution in [0.15, 0.2) is 91.3 Å². The Labute approximate surface area is 187 Å². The topological polar surface area (TPSA) is 24.7 Å². The van der Waals surface area contributed by atoms with E-state index in [4.69, 9.17) is 9.98 Å². The Bertz CT molecular complexity index is 1140. The third-order valence-electron chi connectivity index (χ3n) is 5.12. The Morgan fingerprint density at radius 3 is 1.90 bits per heavy atom. The zero-order valence-corrected chi connectivity index (χ0v) is 19.3. The van der Waals surface area contributed by atoms with Gasteiger partial charge in [0.05, 0.1) is 22.8 Å². The van der Waals surface area contributed by atoms with Crippen molar-refractivity contribution >= 4 is 46.3 Å². The van der Waals surface area contributed by atoms with Crippen LogP contribution in [0.25, 0.3) is 0 Å². The Balaban J connectivity index is 1.91. The number of aryl methyl sites for hydroxylation is 4. The third-order valence-corrected chi connectivity index (χ3v) is 6.97. The first-order valence-electron chi connectivity index (χ1n) is 9.91. The van der Waals surface area contributed by atoms with Crippen LogP contribution in [0.4, 0.5) is 11.4 Å². The molecule has 0 fully saturated rings. The third kappa shape index (κ3) is 4.30. The highest BCUT2D eigenvalue weighted by Gasteiger charge is 2.21. The zero-order valence-electron chi connectivity index (χ0n) is 17.6. The van der Waals surface area contributed by atoms with Gasteiger partial charge < -0.3 is 0 Å². The van der Waals surface area contributed by atoms with Crippen molar-refractivity contribution in [1.82, 2.24) is 0 Å². The molecule has 2 nitrogen and oxygen atoms in total. The second-order valence-electron chi connectivity index (χ2n) is 7.39. The van der Waals surface area contributed by atoms with E-state index >= 15 is 0 Å². The maximum atomic E-state index is 5.19. The molecule has 4 rings (SSSR count). The number of aliphatic imine (C=N–C) groups is 2. The highest BCUT2D eigenvalue weighted by Crippen LogP contribution is 2.37. The first kappa shape index (κ1) is 20.7. The summed E-state index contributed by atoms with van der Waals surface area (Å²) in [5, 5.41) is 6.41. The van der Waals surface area contributed by atoms with Crippen molar-refractivity contribution in [2.24, 2.45) is 9.98 Å². The Morgan fingerprint density at radius 1 is 0.733 bits per heavy atom. The standard InChI is InChI=1S/C26H24N2S2/c1-17-8-5-9-18(2)24(17)27-22-13-7-12-21(23-16-29-14-15-30-23)26(22)28-25-19(3)10-6-11-20(25)4/h5-16H,1-4H3. The lowest BCUT2D eigenvalue weighted by atomic mass is 9.98. The molecule has 4 heteroatoms. The van der Waals surface area contributed by atoms with E-state index in [1.54, 1.807) is 23.5 Å². The average molecular weight is 429 g/mol. The van der Waals surface area contributed by atoms with Gasteiger partial charge in [-0.15, -0.1) is 11.8 Å². The molecule has 1 aliphatic carbocycles. The smallest absolute Gasteiger partial charge is 0.0977 e. The summed E-state index contributed by atoms with van der Waals surface area (Å²) in [5.41, 5.74) is 9.66. The van der Waals surface area contributed by atoms with Crippen molar-refractivity contribution in [3.63, 3.8) is 0 Å². The van der Waals surface area contributed by atoms with Gasteiger partial charge in [0.15, 0.2) is 0 Å². The fourth-order valence-corrected chi connectivity index (χ4v) is 5.16. The molecule has 0 unspecified atom stereocenters. The number of rotatable bonds is 3. The average Bonchev–Trinajstić information content (AvgIpc) is 2.75. The summed E-state index contributed by atoms with van der Waals surface area (Å²) in [6.07, 6.45) is 6.30. The van der Waals surface area contributed by atoms with Crippen LogP contribution in [0.1, 0.15) is 22.3 Å². The number of nitrogens with zero attached hydrogens (tertiary/aromatic N) is 2. The van der Waals surface area contributed by atoms with E-state index in [1.807, 2.05) is 0 Å². The lowest BCUT2D eigenvalue weighted by Gasteiger charge is -2.19. The molecule has 1 heterocycles. The van der Waals surface area contributed by atoms with Crippen LogP contribution in [0, 0.1) is 27.7 Å².